The molecule has 0 bridgehead atoms. The van der Waals surface area contributed by atoms with E-state index in [9.17, 15) is 0 Å². The fourth-order valence-corrected chi connectivity index (χ4v) is 2.28. The van der Waals surface area contributed by atoms with Crippen molar-refractivity contribution in [1.82, 2.24) is 20.1 Å². The number of anilines is 1. The maximum Gasteiger partial charge on any atom is 0.164 e. The predicted molar refractivity (Wildman–Crippen MR) is 70.2 cm³/mol. The normalized spacial score (nSPS) is 16.4. The van der Waals surface area contributed by atoms with Gasteiger partial charge < -0.3 is 4.90 Å². The zero-order valence-corrected chi connectivity index (χ0v) is 10.5. The van der Waals surface area contributed by atoms with Gasteiger partial charge in [0.25, 0.3) is 0 Å². The first-order chi connectivity index (χ1) is 8.81. The fraction of sp³-hybridized carbons (Fsp3) is 0.385. The van der Waals surface area contributed by atoms with Gasteiger partial charge in [-0.05, 0) is 19.1 Å². The summed E-state index contributed by atoms with van der Waals surface area (Å²) in [5, 5.41) is 7.06. The summed E-state index contributed by atoms with van der Waals surface area (Å²) < 4.78 is 0. The summed E-state index contributed by atoms with van der Waals surface area (Å²) in [6.45, 7) is 5.80. The van der Waals surface area contributed by atoms with E-state index in [0.717, 1.165) is 38.0 Å². The topological polar surface area (TPSA) is 48.1 Å². The number of benzene rings is 1. The number of H-pyrrole nitrogens is 1. The third kappa shape index (κ3) is 2.36. The second-order valence-corrected chi connectivity index (χ2v) is 4.63. The molecular weight excluding hydrogens is 226 g/mol. The average Bonchev–Trinajstić information content (AvgIpc) is 3.01. The molecule has 0 aliphatic carbocycles. The molecule has 1 aromatic heterocycles. The Bertz CT molecular complexity index is 507. The van der Waals surface area contributed by atoms with Crippen LogP contribution in [0.2, 0.25) is 0 Å². The van der Waals surface area contributed by atoms with Crippen LogP contribution in [0.4, 0.5) is 5.69 Å². The van der Waals surface area contributed by atoms with Crippen LogP contribution in [0.25, 0.3) is 0 Å². The molecule has 0 spiro atoms. The van der Waals surface area contributed by atoms with E-state index in [-0.39, 0.29) is 0 Å². The van der Waals surface area contributed by atoms with Crippen LogP contribution in [0.15, 0.2) is 30.3 Å². The zero-order valence-electron chi connectivity index (χ0n) is 10.5. The summed E-state index contributed by atoms with van der Waals surface area (Å²) in [5.74, 6) is 1.76. The molecule has 94 valence electrons. The summed E-state index contributed by atoms with van der Waals surface area (Å²) >= 11 is 0. The Hall–Kier alpha value is -1.88. The highest BCUT2D eigenvalue weighted by molar-refractivity contribution is 5.46. The van der Waals surface area contributed by atoms with E-state index in [0.29, 0.717) is 0 Å². The third-order valence-electron chi connectivity index (χ3n) is 3.19. The Morgan fingerprint density at radius 3 is 2.78 bits per heavy atom. The van der Waals surface area contributed by atoms with Crippen molar-refractivity contribution in [1.29, 1.82) is 0 Å². The molecule has 1 aliphatic rings. The number of nitrogens with one attached hydrogen (secondary N) is 1. The van der Waals surface area contributed by atoms with Crippen LogP contribution in [-0.4, -0.2) is 39.8 Å². The first-order valence-electron chi connectivity index (χ1n) is 6.21. The molecule has 18 heavy (non-hydrogen) atoms. The van der Waals surface area contributed by atoms with E-state index in [1.165, 1.54) is 5.69 Å². The van der Waals surface area contributed by atoms with Gasteiger partial charge in [-0.2, -0.15) is 5.10 Å². The molecule has 1 N–H and O–H groups in total. The van der Waals surface area contributed by atoms with Crippen LogP contribution in [0.3, 0.4) is 0 Å². The van der Waals surface area contributed by atoms with Gasteiger partial charge in [0.05, 0.1) is 13.2 Å². The minimum Gasteiger partial charge on any atom is -0.357 e. The molecule has 0 amide bonds. The van der Waals surface area contributed by atoms with Gasteiger partial charge in [-0.1, -0.05) is 18.2 Å². The van der Waals surface area contributed by atoms with Crippen LogP contribution < -0.4 is 4.90 Å². The van der Waals surface area contributed by atoms with Crippen LogP contribution in [0, 0.1) is 6.92 Å². The lowest BCUT2D eigenvalue weighted by Gasteiger charge is -2.18. The van der Waals surface area contributed by atoms with Crippen LogP contribution in [-0.2, 0) is 6.54 Å². The summed E-state index contributed by atoms with van der Waals surface area (Å²) in [6.07, 6.45) is 0. The van der Waals surface area contributed by atoms with E-state index in [1.54, 1.807) is 0 Å². The molecule has 1 fully saturated rings. The Morgan fingerprint density at radius 1 is 1.22 bits per heavy atom. The van der Waals surface area contributed by atoms with Crippen molar-refractivity contribution in [3.05, 3.63) is 42.0 Å². The largest absolute Gasteiger partial charge is 0.357 e. The van der Waals surface area contributed by atoms with Crippen molar-refractivity contribution >= 4 is 5.69 Å². The number of para-hydroxylation sites is 1. The van der Waals surface area contributed by atoms with Gasteiger partial charge >= 0.3 is 0 Å². The van der Waals surface area contributed by atoms with Crippen LogP contribution >= 0.6 is 0 Å². The standard InChI is InChI=1S/C13H17N5/c1-11-14-13(16-15-11)9-17-7-8-18(10-17)12-5-3-2-4-6-12/h2-6H,7-10H2,1H3,(H,14,15,16). The molecule has 3 rings (SSSR count). The van der Waals surface area contributed by atoms with Gasteiger partial charge in [-0.25, -0.2) is 4.98 Å². The Kier molecular flexibility index (Phi) is 2.98. The SMILES string of the molecule is Cc1nc(CN2CCN(c3ccccc3)C2)n[nH]1. The summed E-state index contributed by atoms with van der Waals surface area (Å²) in [4.78, 5) is 9.08. The van der Waals surface area contributed by atoms with Crippen LogP contribution in [0.5, 0.6) is 0 Å². The highest BCUT2D eigenvalue weighted by atomic mass is 15.4. The molecule has 0 saturated carbocycles. The number of nitrogens with zero attached hydrogens (tertiary/aromatic N) is 4. The summed E-state index contributed by atoms with van der Waals surface area (Å²) in [7, 11) is 0. The van der Waals surface area contributed by atoms with Crippen molar-refractivity contribution in [2.75, 3.05) is 24.7 Å². The number of rotatable bonds is 3. The minimum absolute atomic E-state index is 0.813. The highest BCUT2D eigenvalue weighted by Crippen LogP contribution is 2.18. The molecular formula is C13H17N5. The minimum atomic E-state index is 0.813. The van der Waals surface area contributed by atoms with Crippen molar-refractivity contribution < 1.29 is 0 Å². The molecule has 5 heteroatoms. The molecule has 2 aromatic rings. The Labute approximate surface area is 106 Å². The van der Waals surface area contributed by atoms with Crippen molar-refractivity contribution in [3.63, 3.8) is 0 Å². The molecule has 1 saturated heterocycles. The molecule has 2 heterocycles. The van der Waals surface area contributed by atoms with Crippen LogP contribution in [0.1, 0.15) is 11.6 Å². The second kappa shape index (κ2) is 4.78. The maximum atomic E-state index is 4.35. The second-order valence-electron chi connectivity index (χ2n) is 4.63. The first kappa shape index (κ1) is 11.2. The fourth-order valence-electron chi connectivity index (χ4n) is 2.28. The van der Waals surface area contributed by atoms with Gasteiger partial charge in [0.15, 0.2) is 5.82 Å². The maximum absolute atomic E-state index is 4.35. The third-order valence-corrected chi connectivity index (χ3v) is 3.19. The Balaban J connectivity index is 1.62. The van der Waals surface area contributed by atoms with E-state index in [2.05, 4.69) is 49.2 Å². The number of hydrogen-bond acceptors (Lipinski definition) is 4. The lowest BCUT2D eigenvalue weighted by atomic mass is 10.3. The highest BCUT2D eigenvalue weighted by Gasteiger charge is 2.21. The summed E-state index contributed by atoms with van der Waals surface area (Å²) in [6, 6.07) is 10.5. The van der Waals surface area contributed by atoms with E-state index in [4.69, 9.17) is 0 Å². The number of aromatic amines is 1. The monoisotopic (exact) mass is 243 g/mol. The molecule has 0 atom stereocenters. The van der Waals surface area contributed by atoms with Gasteiger partial charge in [-0.15, -0.1) is 0 Å². The molecule has 0 radical (unpaired) electrons. The summed E-state index contributed by atoms with van der Waals surface area (Å²) in [5.41, 5.74) is 1.28. The average molecular weight is 243 g/mol. The van der Waals surface area contributed by atoms with Gasteiger partial charge in [0.1, 0.15) is 5.82 Å². The zero-order chi connectivity index (χ0) is 12.4. The smallest absolute Gasteiger partial charge is 0.164 e. The van der Waals surface area contributed by atoms with Crippen molar-refractivity contribution in [3.8, 4) is 0 Å². The molecule has 1 aliphatic heterocycles. The first-order valence-corrected chi connectivity index (χ1v) is 6.21. The number of hydrogen-bond donors (Lipinski definition) is 1. The van der Waals surface area contributed by atoms with Crippen molar-refractivity contribution in [2.24, 2.45) is 0 Å². The van der Waals surface area contributed by atoms with Gasteiger partial charge in [-0.3, -0.25) is 10.00 Å². The molecule has 1 aromatic carbocycles. The predicted octanol–water partition coefficient (Wildman–Crippen LogP) is 1.39. The quantitative estimate of drug-likeness (QED) is 0.885. The number of aromatic nitrogens is 3. The lowest BCUT2D eigenvalue weighted by molar-refractivity contribution is 0.325. The molecule has 0 unspecified atom stereocenters. The lowest BCUT2D eigenvalue weighted by Crippen LogP contribution is -2.25. The van der Waals surface area contributed by atoms with Crippen molar-refractivity contribution in [2.45, 2.75) is 13.5 Å². The van der Waals surface area contributed by atoms with Gasteiger partial charge in [0, 0.05) is 18.8 Å². The Morgan fingerprint density at radius 2 is 2.06 bits per heavy atom. The van der Waals surface area contributed by atoms with E-state index in [1.807, 2.05) is 13.0 Å². The number of aryl methyl sites for hydroxylation is 1. The molecule has 5 nitrogen and oxygen atoms in total. The van der Waals surface area contributed by atoms with E-state index >= 15 is 0 Å². The van der Waals surface area contributed by atoms with E-state index < -0.39 is 0 Å². The van der Waals surface area contributed by atoms with Gasteiger partial charge in [0.2, 0.25) is 0 Å².